The van der Waals surface area contributed by atoms with Crippen molar-refractivity contribution in [2.45, 2.75) is 25.8 Å². The Morgan fingerprint density at radius 1 is 1.58 bits per heavy atom. The lowest BCUT2D eigenvalue weighted by Crippen LogP contribution is -2.32. The van der Waals surface area contributed by atoms with Crippen molar-refractivity contribution in [3.05, 3.63) is 24.0 Å². The van der Waals surface area contributed by atoms with Gasteiger partial charge in [-0.15, -0.1) is 12.4 Å². The average Bonchev–Trinajstić information content (AvgIpc) is 3.13. The van der Waals surface area contributed by atoms with E-state index in [1.807, 2.05) is 0 Å². The number of anilines is 1. The lowest BCUT2D eigenvalue weighted by atomic mass is 10.2. The molecular weight excluding hydrogens is 271 g/mol. The van der Waals surface area contributed by atoms with Gasteiger partial charge >= 0.3 is 0 Å². The summed E-state index contributed by atoms with van der Waals surface area (Å²) in [6, 6.07) is 3.42. The van der Waals surface area contributed by atoms with Gasteiger partial charge in [-0.3, -0.25) is 4.79 Å². The zero-order chi connectivity index (χ0) is 13.1. The quantitative estimate of drug-likeness (QED) is 0.874. The summed E-state index contributed by atoms with van der Waals surface area (Å²) in [5.41, 5.74) is 5.93. The standard InChI is InChI=1S/C13H17FN2O2.ClH/c1-8(15)13(17)16-11-5-4-10(14)6-12(11)18-7-9-2-3-9;/h4-6,8-9H,2-3,7,15H2,1H3,(H,16,17);1H/t8-;/m0./s1. The summed E-state index contributed by atoms with van der Waals surface area (Å²) in [5.74, 6) is 0.207. The van der Waals surface area contributed by atoms with Crippen LogP contribution in [0.3, 0.4) is 0 Å². The number of carbonyl (C=O) groups is 1. The summed E-state index contributed by atoms with van der Waals surface area (Å²) >= 11 is 0. The van der Waals surface area contributed by atoms with Crippen LogP contribution in [-0.4, -0.2) is 18.6 Å². The van der Waals surface area contributed by atoms with Gasteiger partial charge in [0.25, 0.3) is 0 Å². The maximum atomic E-state index is 13.2. The summed E-state index contributed by atoms with van der Waals surface area (Å²) in [5, 5.41) is 2.63. The third kappa shape index (κ3) is 4.69. The van der Waals surface area contributed by atoms with E-state index in [0.717, 1.165) is 12.8 Å². The van der Waals surface area contributed by atoms with Crippen molar-refractivity contribution < 1.29 is 13.9 Å². The van der Waals surface area contributed by atoms with E-state index in [1.165, 1.54) is 18.2 Å². The molecule has 1 fully saturated rings. The lowest BCUT2D eigenvalue weighted by Gasteiger charge is -2.13. The van der Waals surface area contributed by atoms with Gasteiger partial charge in [-0.05, 0) is 37.8 Å². The first-order valence-electron chi connectivity index (χ1n) is 6.05. The number of rotatable bonds is 5. The molecule has 19 heavy (non-hydrogen) atoms. The molecule has 1 saturated carbocycles. The van der Waals surface area contributed by atoms with E-state index in [2.05, 4.69) is 5.32 Å². The Hall–Kier alpha value is -1.33. The molecule has 106 valence electrons. The van der Waals surface area contributed by atoms with Gasteiger partial charge in [-0.2, -0.15) is 0 Å². The molecule has 0 saturated heterocycles. The predicted molar refractivity (Wildman–Crippen MR) is 74.1 cm³/mol. The third-order valence-corrected chi connectivity index (χ3v) is 2.79. The van der Waals surface area contributed by atoms with E-state index in [4.69, 9.17) is 10.5 Å². The number of halogens is 2. The van der Waals surface area contributed by atoms with Crippen molar-refractivity contribution in [1.82, 2.24) is 0 Å². The van der Waals surface area contributed by atoms with Gasteiger partial charge in [0.1, 0.15) is 11.6 Å². The minimum absolute atomic E-state index is 0. The summed E-state index contributed by atoms with van der Waals surface area (Å²) in [6.45, 7) is 2.15. The molecule has 0 aliphatic heterocycles. The van der Waals surface area contributed by atoms with E-state index in [0.29, 0.717) is 24.0 Å². The van der Waals surface area contributed by atoms with Gasteiger partial charge in [0.15, 0.2) is 0 Å². The smallest absolute Gasteiger partial charge is 0.241 e. The molecule has 0 aromatic heterocycles. The highest BCUT2D eigenvalue weighted by molar-refractivity contribution is 5.95. The second-order valence-electron chi connectivity index (χ2n) is 4.67. The van der Waals surface area contributed by atoms with Crippen LogP contribution in [0.1, 0.15) is 19.8 Å². The minimum atomic E-state index is -0.619. The molecule has 0 spiro atoms. The van der Waals surface area contributed by atoms with Crippen LogP contribution in [0.2, 0.25) is 0 Å². The number of hydrogen-bond acceptors (Lipinski definition) is 3. The van der Waals surface area contributed by atoms with Crippen LogP contribution in [-0.2, 0) is 4.79 Å². The molecule has 0 unspecified atom stereocenters. The summed E-state index contributed by atoms with van der Waals surface area (Å²) in [6.07, 6.45) is 2.30. The van der Waals surface area contributed by atoms with Crippen molar-refractivity contribution in [2.75, 3.05) is 11.9 Å². The molecule has 1 atom stereocenters. The van der Waals surface area contributed by atoms with Crippen LogP contribution in [0.25, 0.3) is 0 Å². The second-order valence-corrected chi connectivity index (χ2v) is 4.67. The topological polar surface area (TPSA) is 64.4 Å². The highest BCUT2D eigenvalue weighted by atomic mass is 35.5. The number of nitrogens with one attached hydrogen (secondary N) is 1. The molecule has 3 N–H and O–H groups in total. The number of ether oxygens (including phenoxy) is 1. The minimum Gasteiger partial charge on any atom is -0.491 e. The fraction of sp³-hybridized carbons (Fsp3) is 0.462. The maximum Gasteiger partial charge on any atom is 0.241 e. The van der Waals surface area contributed by atoms with E-state index in [-0.39, 0.29) is 24.1 Å². The van der Waals surface area contributed by atoms with Crippen LogP contribution < -0.4 is 15.8 Å². The van der Waals surface area contributed by atoms with Crippen LogP contribution in [0.15, 0.2) is 18.2 Å². The molecular formula is C13H18ClFN2O2. The molecule has 1 aromatic carbocycles. The molecule has 1 amide bonds. The largest absolute Gasteiger partial charge is 0.491 e. The zero-order valence-electron chi connectivity index (χ0n) is 10.7. The lowest BCUT2D eigenvalue weighted by molar-refractivity contribution is -0.117. The van der Waals surface area contributed by atoms with E-state index in [1.54, 1.807) is 6.92 Å². The molecule has 6 heteroatoms. The van der Waals surface area contributed by atoms with Gasteiger partial charge in [0.05, 0.1) is 18.3 Å². The van der Waals surface area contributed by atoms with Gasteiger partial charge in [0.2, 0.25) is 5.91 Å². The van der Waals surface area contributed by atoms with E-state index >= 15 is 0 Å². The summed E-state index contributed by atoms with van der Waals surface area (Å²) in [7, 11) is 0. The zero-order valence-corrected chi connectivity index (χ0v) is 11.5. The van der Waals surface area contributed by atoms with Crippen LogP contribution >= 0.6 is 12.4 Å². The first-order valence-corrected chi connectivity index (χ1v) is 6.05. The summed E-state index contributed by atoms with van der Waals surface area (Å²) < 4.78 is 18.7. The predicted octanol–water partition coefficient (Wildman–Crippen LogP) is 2.32. The molecule has 0 radical (unpaired) electrons. The molecule has 1 aromatic rings. The van der Waals surface area contributed by atoms with Gasteiger partial charge in [-0.1, -0.05) is 0 Å². The van der Waals surface area contributed by atoms with Gasteiger partial charge < -0.3 is 15.8 Å². The Balaban J connectivity index is 0.00000180. The van der Waals surface area contributed by atoms with Crippen LogP contribution in [0.5, 0.6) is 5.75 Å². The molecule has 1 aliphatic carbocycles. The normalized spacial score (nSPS) is 15.3. The SMILES string of the molecule is C[C@H](N)C(=O)Nc1ccc(F)cc1OCC1CC1.Cl. The number of benzene rings is 1. The first kappa shape index (κ1) is 15.7. The fourth-order valence-corrected chi connectivity index (χ4v) is 1.46. The van der Waals surface area contributed by atoms with E-state index < -0.39 is 6.04 Å². The van der Waals surface area contributed by atoms with Crippen LogP contribution in [0, 0.1) is 11.7 Å². The first-order chi connectivity index (χ1) is 8.56. The monoisotopic (exact) mass is 288 g/mol. The Morgan fingerprint density at radius 3 is 2.84 bits per heavy atom. The second kappa shape index (κ2) is 6.73. The van der Waals surface area contributed by atoms with Crippen molar-refractivity contribution in [1.29, 1.82) is 0 Å². The Bertz CT molecular complexity index is 450. The maximum absolute atomic E-state index is 13.2. The van der Waals surface area contributed by atoms with Crippen LogP contribution in [0.4, 0.5) is 10.1 Å². The molecule has 0 heterocycles. The highest BCUT2D eigenvalue weighted by Gasteiger charge is 2.22. The average molecular weight is 289 g/mol. The third-order valence-electron chi connectivity index (χ3n) is 2.79. The number of nitrogens with two attached hydrogens (primary N) is 1. The van der Waals surface area contributed by atoms with Crippen molar-refractivity contribution in [3.63, 3.8) is 0 Å². The molecule has 2 rings (SSSR count). The van der Waals surface area contributed by atoms with Gasteiger partial charge in [-0.25, -0.2) is 4.39 Å². The van der Waals surface area contributed by atoms with Crippen molar-refractivity contribution >= 4 is 24.0 Å². The number of hydrogen-bond donors (Lipinski definition) is 2. The Kier molecular flexibility index (Phi) is 5.57. The Labute approximate surface area is 117 Å². The fourth-order valence-electron chi connectivity index (χ4n) is 1.46. The highest BCUT2D eigenvalue weighted by Crippen LogP contribution is 2.32. The Morgan fingerprint density at radius 2 is 2.26 bits per heavy atom. The number of amides is 1. The van der Waals surface area contributed by atoms with Crippen molar-refractivity contribution in [2.24, 2.45) is 11.7 Å². The molecule has 4 nitrogen and oxygen atoms in total. The van der Waals surface area contributed by atoms with Crippen molar-refractivity contribution in [3.8, 4) is 5.75 Å². The molecule has 1 aliphatic rings. The summed E-state index contributed by atoms with van der Waals surface area (Å²) in [4.78, 5) is 11.5. The van der Waals surface area contributed by atoms with E-state index in [9.17, 15) is 9.18 Å². The van der Waals surface area contributed by atoms with Gasteiger partial charge in [0, 0.05) is 6.07 Å². The number of carbonyl (C=O) groups excluding carboxylic acids is 1. The molecule has 0 bridgehead atoms.